The van der Waals surface area contributed by atoms with Gasteiger partial charge in [0.25, 0.3) is 0 Å². The number of hydrogen-bond donors (Lipinski definition) is 1. The predicted molar refractivity (Wildman–Crippen MR) is 76.9 cm³/mol. The minimum Gasteiger partial charge on any atom is -0.497 e. The third kappa shape index (κ3) is 4.60. The summed E-state index contributed by atoms with van der Waals surface area (Å²) in [6.07, 6.45) is 0. The molecule has 0 heterocycles. The van der Waals surface area contributed by atoms with Crippen molar-refractivity contribution in [2.45, 2.75) is 38.5 Å². The fourth-order valence-electron chi connectivity index (χ4n) is 1.62. The van der Waals surface area contributed by atoms with Gasteiger partial charge in [0.2, 0.25) is 0 Å². The summed E-state index contributed by atoms with van der Waals surface area (Å²) in [4.78, 5) is 0. The Bertz CT molecular complexity index is 371. The lowest BCUT2D eigenvalue weighted by Crippen LogP contribution is -2.18. The van der Waals surface area contributed by atoms with Gasteiger partial charge in [0.05, 0.1) is 7.11 Å². The summed E-state index contributed by atoms with van der Waals surface area (Å²) in [6, 6.07) is 6.17. The molecule has 1 atom stereocenters. The second-order valence-corrected chi connectivity index (χ2v) is 7.10. The van der Waals surface area contributed by atoms with E-state index in [4.69, 9.17) is 10.5 Å². The minimum atomic E-state index is 0.0881. The topological polar surface area (TPSA) is 35.2 Å². The first-order chi connectivity index (χ1) is 7.83. The number of hydrogen-bond acceptors (Lipinski definition) is 3. The molecule has 0 saturated heterocycles. The van der Waals surface area contributed by atoms with Crippen LogP contribution in [0.5, 0.6) is 5.75 Å². The number of thioether (sulfide) groups is 1. The van der Waals surface area contributed by atoms with Crippen molar-refractivity contribution in [3.63, 3.8) is 0 Å². The van der Waals surface area contributed by atoms with Gasteiger partial charge in [-0.05, 0) is 30.2 Å². The Balaban J connectivity index is 2.72. The summed E-state index contributed by atoms with van der Waals surface area (Å²) in [5, 5.41) is 0. The molecule has 1 aromatic rings. The number of benzene rings is 1. The van der Waals surface area contributed by atoms with Gasteiger partial charge >= 0.3 is 0 Å². The molecule has 0 amide bonds. The van der Waals surface area contributed by atoms with E-state index in [0.717, 1.165) is 11.5 Å². The number of nitrogens with two attached hydrogens (primary N) is 1. The molecule has 0 bridgehead atoms. The van der Waals surface area contributed by atoms with Crippen molar-refractivity contribution in [2.75, 3.05) is 12.9 Å². The van der Waals surface area contributed by atoms with Crippen LogP contribution in [-0.4, -0.2) is 17.6 Å². The van der Waals surface area contributed by atoms with Crippen molar-refractivity contribution in [1.29, 1.82) is 0 Å². The summed E-state index contributed by atoms with van der Waals surface area (Å²) < 4.78 is 5.46. The summed E-state index contributed by atoms with van der Waals surface area (Å²) in [6.45, 7) is 8.72. The Morgan fingerprint density at radius 1 is 1.35 bits per heavy atom. The lowest BCUT2D eigenvalue weighted by Gasteiger charge is -2.22. The van der Waals surface area contributed by atoms with Crippen LogP contribution in [0, 0.1) is 6.92 Å². The molecule has 0 aliphatic rings. The largest absolute Gasteiger partial charge is 0.497 e. The van der Waals surface area contributed by atoms with Gasteiger partial charge in [0.1, 0.15) is 5.75 Å². The molecule has 0 aliphatic heterocycles. The van der Waals surface area contributed by atoms with Crippen LogP contribution in [0.15, 0.2) is 18.2 Å². The quantitative estimate of drug-likeness (QED) is 0.891. The van der Waals surface area contributed by atoms with Gasteiger partial charge in [-0.2, -0.15) is 11.8 Å². The van der Waals surface area contributed by atoms with E-state index in [2.05, 4.69) is 33.8 Å². The molecule has 0 aliphatic carbocycles. The molecule has 0 fully saturated rings. The zero-order chi connectivity index (χ0) is 13.1. The van der Waals surface area contributed by atoms with Crippen LogP contribution in [0.1, 0.15) is 37.9 Å². The third-order valence-corrected chi connectivity index (χ3v) is 3.96. The maximum absolute atomic E-state index is 6.23. The fraction of sp³-hybridized carbons (Fsp3) is 0.571. The summed E-state index contributed by atoms with van der Waals surface area (Å²) in [5.74, 6) is 1.83. The van der Waals surface area contributed by atoms with Crippen LogP contribution in [-0.2, 0) is 0 Å². The lowest BCUT2D eigenvalue weighted by atomic mass is 10.0. The molecule has 0 radical (unpaired) electrons. The van der Waals surface area contributed by atoms with Gasteiger partial charge in [0.15, 0.2) is 0 Å². The highest BCUT2D eigenvalue weighted by molar-refractivity contribution is 8.00. The Morgan fingerprint density at radius 3 is 2.47 bits per heavy atom. The first kappa shape index (κ1) is 14.4. The van der Waals surface area contributed by atoms with E-state index in [0.29, 0.717) is 0 Å². The molecule has 0 aromatic heterocycles. The minimum absolute atomic E-state index is 0.0881. The van der Waals surface area contributed by atoms with E-state index in [-0.39, 0.29) is 10.8 Å². The molecule has 17 heavy (non-hydrogen) atoms. The Labute approximate surface area is 109 Å². The van der Waals surface area contributed by atoms with Crippen molar-refractivity contribution in [1.82, 2.24) is 0 Å². The summed E-state index contributed by atoms with van der Waals surface area (Å²) in [5.41, 5.74) is 8.64. The van der Waals surface area contributed by atoms with Gasteiger partial charge in [-0.25, -0.2) is 0 Å². The number of ether oxygens (including phenoxy) is 1. The molecule has 1 unspecified atom stereocenters. The van der Waals surface area contributed by atoms with E-state index in [9.17, 15) is 0 Å². The molecule has 96 valence electrons. The fourth-order valence-corrected chi connectivity index (χ4v) is 2.48. The summed E-state index contributed by atoms with van der Waals surface area (Å²) in [7, 11) is 1.68. The van der Waals surface area contributed by atoms with E-state index < -0.39 is 0 Å². The molecular weight excluding hydrogens is 230 g/mol. The van der Waals surface area contributed by atoms with Crippen LogP contribution in [0.3, 0.4) is 0 Å². The van der Waals surface area contributed by atoms with E-state index in [1.165, 1.54) is 11.1 Å². The highest BCUT2D eigenvalue weighted by atomic mass is 32.2. The average molecular weight is 253 g/mol. The lowest BCUT2D eigenvalue weighted by molar-refractivity contribution is 0.414. The molecule has 0 saturated carbocycles. The normalized spacial score (nSPS) is 13.5. The molecule has 3 heteroatoms. The zero-order valence-corrected chi connectivity index (χ0v) is 12.2. The molecule has 2 N–H and O–H groups in total. The van der Waals surface area contributed by atoms with E-state index >= 15 is 0 Å². The van der Waals surface area contributed by atoms with Crippen LogP contribution >= 0.6 is 11.8 Å². The second-order valence-electron chi connectivity index (χ2n) is 5.25. The van der Waals surface area contributed by atoms with Crippen LogP contribution in [0.25, 0.3) is 0 Å². The Kier molecular flexibility index (Phi) is 4.90. The van der Waals surface area contributed by atoms with Crippen molar-refractivity contribution in [3.8, 4) is 5.75 Å². The summed E-state index contributed by atoms with van der Waals surface area (Å²) >= 11 is 1.90. The highest BCUT2D eigenvalue weighted by Gasteiger charge is 2.15. The van der Waals surface area contributed by atoms with Crippen molar-refractivity contribution in [2.24, 2.45) is 5.73 Å². The van der Waals surface area contributed by atoms with Crippen LogP contribution in [0.2, 0.25) is 0 Å². The zero-order valence-electron chi connectivity index (χ0n) is 11.4. The molecular formula is C14H23NOS. The maximum Gasteiger partial charge on any atom is 0.119 e. The second kappa shape index (κ2) is 5.78. The van der Waals surface area contributed by atoms with Gasteiger partial charge in [0, 0.05) is 16.5 Å². The number of rotatable bonds is 4. The van der Waals surface area contributed by atoms with Crippen LogP contribution in [0.4, 0.5) is 0 Å². The Hall–Kier alpha value is -0.670. The smallest absolute Gasteiger partial charge is 0.119 e. The van der Waals surface area contributed by atoms with Crippen molar-refractivity contribution >= 4 is 11.8 Å². The molecule has 2 nitrogen and oxygen atoms in total. The van der Waals surface area contributed by atoms with Crippen molar-refractivity contribution < 1.29 is 4.74 Å². The van der Waals surface area contributed by atoms with E-state index in [1.54, 1.807) is 7.11 Å². The number of methoxy groups -OCH3 is 1. The average Bonchev–Trinajstić information content (AvgIpc) is 2.24. The number of aryl methyl sites for hydroxylation is 1. The SMILES string of the molecule is COc1ccc(C(N)CSC(C)(C)C)c(C)c1. The van der Waals surface area contributed by atoms with Gasteiger partial charge < -0.3 is 10.5 Å². The van der Waals surface area contributed by atoms with Crippen molar-refractivity contribution in [3.05, 3.63) is 29.3 Å². The predicted octanol–water partition coefficient (Wildman–Crippen LogP) is 3.54. The van der Waals surface area contributed by atoms with Gasteiger partial charge in [-0.15, -0.1) is 0 Å². The standard InChI is InChI=1S/C14H23NOS/c1-10-8-11(16-5)6-7-12(10)13(15)9-17-14(2,3)4/h6-8,13H,9,15H2,1-5H3. The van der Waals surface area contributed by atoms with Gasteiger partial charge in [-0.1, -0.05) is 26.8 Å². The molecule has 0 spiro atoms. The molecule has 1 aromatic carbocycles. The monoisotopic (exact) mass is 253 g/mol. The third-order valence-electron chi connectivity index (χ3n) is 2.57. The van der Waals surface area contributed by atoms with Gasteiger partial charge in [-0.3, -0.25) is 0 Å². The Morgan fingerprint density at radius 2 is 2.00 bits per heavy atom. The molecule has 1 rings (SSSR count). The first-order valence-electron chi connectivity index (χ1n) is 5.87. The first-order valence-corrected chi connectivity index (χ1v) is 6.86. The highest BCUT2D eigenvalue weighted by Crippen LogP contribution is 2.29. The van der Waals surface area contributed by atoms with E-state index in [1.807, 2.05) is 23.9 Å². The van der Waals surface area contributed by atoms with Crippen LogP contribution < -0.4 is 10.5 Å². The maximum atomic E-state index is 6.23.